The highest BCUT2D eigenvalue weighted by atomic mass is 32.1. The molecule has 100 valence electrons. The second-order valence-electron chi connectivity index (χ2n) is 5.19. The third kappa shape index (κ3) is 2.30. The fourth-order valence-corrected chi connectivity index (χ4v) is 3.22. The van der Waals surface area contributed by atoms with Crippen molar-refractivity contribution in [3.63, 3.8) is 0 Å². The van der Waals surface area contributed by atoms with Crippen LogP contribution in [0.5, 0.6) is 5.75 Å². The summed E-state index contributed by atoms with van der Waals surface area (Å²) in [6.45, 7) is 4.18. The number of nitrogens with one attached hydrogen (secondary N) is 1. The van der Waals surface area contributed by atoms with Crippen LogP contribution in [0.4, 0.5) is 5.13 Å². The Morgan fingerprint density at radius 3 is 3.00 bits per heavy atom. The van der Waals surface area contributed by atoms with E-state index >= 15 is 0 Å². The molecule has 0 saturated heterocycles. The summed E-state index contributed by atoms with van der Waals surface area (Å²) in [6, 6.07) is 5.95. The van der Waals surface area contributed by atoms with Gasteiger partial charge in [-0.25, -0.2) is 4.98 Å². The highest BCUT2D eigenvalue weighted by molar-refractivity contribution is 7.09. The van der Waals surface area contributed by atoms with Gasteiger partial charge < -0.3 is 10.4 Å². The minimum atomic E-state index is 0.232. The quantitative estimate of drug-likeness (QED) is 0.900. The van der Waals surface area contributed by atoms with Crippen molar-refractivity contribution in [1.82, 2.24) is 9.36 Å². The van der Waals surface area contributed by atoms with E-state index in [4.69, 9.17) is 0 Å². The van der Waals surface area contributed by atoms with Gasteiger partial charge >= 0.3 is 0 Å². The van der Waals surface area contributed by atoms with E-state index in [9.17, 15) is 5.11 Å². The number of hydrogen-bond donors (Lipinski definition) is 2. The molecule has 1 atom stereocenters. The van der Waals surface area contributed by atoms with E-state index in [1.165, 1.54) is 17.1 Å². The fraction of sp³-hybridized carbons (Fsp3) is 0.429. The third-order valence-electron chi connectivity index (χ3n) is 3.50. The molecule has 1 unspecified atom stereocenters. The summed E-state index contributed by atoms with van der Waals surface area (Å²) in [6.07, 6.45) is 1.90. The summed E-state index contributed by atoms with van der Waals surface area (Å²) in [5, 5.41) is 14.1. The predicted octanol–water partition coefficient (Wildman–Crippen LogP) is 3.47. The molecule has 0 spiro atoms. The summed E-state index contributed by atoms with van der Waals surface area (Å²) in [4.78, 5) is 4.50. The van der Waals surface area contributed by atoms with Crippen molar-refractivity contribution < 1.29 is 5.11 Å². The van der Waals surface area contributed by atoms with Crippen LogP contribution in [0.2, 0.25) is 0 Å². The van der Waals surface area contributed by atoms with Gasteiger partial charge in [0.1, 0.15) is 11.6 Å². The SMILES string of the molecule is CC(C)c1nsc(NC2CCc3c(O)cccc32)n1. The van der Waals surface area contributed by atoms with E-state index in [-0.39, 0.29) is 6.04 Å². The lowest BCUT2D eigenvalue weighted by Crippen LogP contribution is -2.06. The van der Waals surface area contributed by atoms with Gasteiger partial charge in [0.15, 0.2) is 0 Å². The summed E-state index contributed by atoms with van der Waals surface area (Å²) in [5.74, 6) is 1.65. The first-order valence-electron chi connectivity index (χ1n) is 6.56. The largest absolute Gasteiger partial charge is 0.508 e. The van der Waals surface area contributed by atoms with E-state index in [0.29, 0.717) is 11.7 Å². The lowest BCUT2D eigenvalue weighted by molar-refractivity contribution is 0.469. The molecule has 1 heterocycles. The Hall–Kier alpha value is -1.62. The lowest BCUT2D eigenvalue weighted by atomic mass is 10.1. The second-order valence-corrected chi connectivity index (χ2v) is 5.94. The van der Waals surface area contributed by atoms with Gasteiger partial charge in [0.05, 0.1) is 6.04 Å². The number of aromatic hydroxyl groups is 1. The molecule has 0 fully saturated rings. The number of fused-ring (bicyclic) bond motifs is 1. The number of phenols is 1. The van der Waals surface area contributed by atoms with E-state index < -0.39 is 0 Å². The lowest BCUT2D eigenvalue weighted by Gasteiger charge is -2.12. The number of rotatable bonds is 3. The third-order valence-corrected chi connectivity index (χ3v) is 4.16. The molecular weight excluding hydrogens is 258 g/mol. The van der Waals surface area contributed by atoms with Gasteiger partial charge in [-0.2, -0.15) is 4.37 Å². The second kappa shape index (κ2) is 4.81. The zero-order chi connectivity index (χ0) is 13.4. The molecule has 0 amide bonds. The van der Waals surface area contributed by atoms with Crippen molar-refractivity contribution >= 4 is 16.7 Å². The van der Waals surface area contributed by atoms with Gasteiger partial charge in [0.25, 0.3) is 0 Å². The normalized spacial score (nSPS) is 17.7. The minimum absolute atomic E-state index is 0.232. The maximum absolute atomic E-state index is 9.84. The highest BCUT2D eigenvalue weighted by Gasteiger charge is 2.25. The molecule has 0 bridgehead atoms. The molecule has 1 aromatic heterocycles. The molecule has 3 rings (SSSR count). The highest BCUT2D eigenvalue weighted by Crippen LogP contribution is 2.38. The standard InChI is InChI=1S/C14H17N3OS/c1-8(2)13-16-14(19-17-13)15-11-7-6-10-9(11)4-3-5-12(10)18/h3-5,8,11,18H,6-7H2,1-2H3,(H,15,16,17). The molecule has 19 heavy (non-hydrogen) atoms. The van der Waals surface area contributed by atoms with E-state index in [0.717, 1.165) is 29.4 Å². The smallest absolute Gasteiger partial charge is 0.203 e. The van der Waals surface area contributed by atoms with Crippen molar-refractivity contribution in [2.45, 2.75) is 38.6 Å². The van der Waals surface area contributed by atoms with Gasteiger partial charge in [0.2, 0.25) is 5.13 Å². The Kier molecular flexibility index (Phi) is 3.14. The monoisotopic (exact) mass is 275 g/mol. The first kappa shape index (κ1) is 12.4. The van der Waals surface area contributed by atoms with Crippen LogP contribution >= 0.6 is 11.5 Å². The van der Waals surface area contributed by atoms with Crippen LogP contribution in [0.3, 0.4) is 0 Å². The van der Waals surface area contributed by atoms with E-state index in [1.54, 1.807) is 6.07 Å². The van der Waals surface area contributed by atoms with Crippen LogP contribution in [0.1, 0.15) is 49.2 Å². The Morgan fingerprint density at radius 2 is 2.26 bits per heavy atom. The summed E-state index contributed by atoms with van der Waals surface area (Å²) >= 11 is 1.41. The molecule has 0 radical (unpaired) electrons. The minimum Gasteiger partial charge on any atom is -0.508 e. The Morgan fingerprint density at radius 1 is 1.42 bits per heavy atom. The van der Waals surface area contributed by atoms with Gasteiger partial charge in [-0.05, 0) is 30.0 Å². The Labute approximate surface area is 116 Å². The number of hydrogen-bond acceptors (Lipinski definition) is 5. The fourth-order valence-electron chi connectivity index (χ4n) is 2.46. The molecule has 1 aliphatic rings. The maximum Gasteiger partial charge on any atom is 0.203 e. The Bertz CT molecular complexity index is 594. The van der Waals surface area contributed by atoms with Gasteiger partial charge in [-0.3, -0.25) is 0 Å². The average molecular weight is 275 g/mol. The number of nitrogens with zero attached hydrogens (tertiary/aromatic N) is 2. The molecule has 2 aromatic rings. The first-order valence-corrected chi connectivity index (χ1v) is 7.33. The maximum atomic E-state index is 9.84. The molecule has 0 aliphatic heterocycles. The van der Waals surface area contributed by atoms with Gasteiger partial charge in [0, 0.05) is 17.5 Å². The van der Waals surface area contributed by atoms with Crippen molar-refractivity contribution in [3.8, 4) is 5.75 Å². The van der Waals surface area contributed by atoms with Crippen LogP contribution in [-0.2, 0) is 6.42 Å². The topological polar surface area (TPSA) is 58.0 Å². The summed E-state index contributed by atoms with van der Waals surface area (Å²) in [5.41, 5.74) is 2.25. The van der Waals surface area contributed by atoms with Crippen molar-refractivity contribution in [2.75, 3.05) is 5.32 Å². The first-order chi connectivity index (χ1) is 9.15. The van der Waals surface area contributed by atoms with Gasteiger partial charge in [-0.1, -0.05) is 26.0 Å². The molecule has 4 nitrogen and oxygen atoms in total. The molecule has 5 heteroatoms. The van der Waals surface area contributed by atoms with Gasteiger partial charge in [-0.15, -0.1) is 0 Å². The van der Waals surface area contributed by atoms with Crippen molar-refractivity contribution in [1.29, 1.82) is 0 Å². The molecule has 1 aromatic carbocycles. The molecular formula is C14H17N3OS. The Balaban J connectivity index is 1.81. The van der Waals surface area contributed by atoms with Crippen LogP contribution < -0.4 is 5.32 Å². The zero-order valence-corrected chi connectivity index (χ0v) is 11.9. The number of benzene rings is 1. The molecule has 1 aliphatic carbocycles. The zero-order valence-electron chi connectivity index (χ0n) is 11.1. The van der Waals surface area contributed by atoms with Crippen molar-refractivity contribution in [2.24, 2.45) is 0 Å². The summed E-state index contributed by atoms with van der Waals surface area (Å²) < 4.78 is 4.35. The number of aromatic nitrogens is 2. The van der Waals surface area contributed by atoms with Crippen LogP contribution in [0, 0.1) is 0 Å². The van der Waals surface area contributed by atoms with Crippen LogP contribution in [-0.4, -0.2) is 14.5 Å². The predicted molar refractivity (Wildman–Crippen MR) is 76.8 cm³/mol. The number of phenolic OH excluding ortho intramolecular Hbond substituents is 1. The van der Waals surface area contributed by atoms with Crippen LogP contribution in [0.25, 0.3) is 0 Å². The average Bonchev–Trinajstić information content (AvgIpc) is 2.98. The van der Waals surface area contributed by atoms with E-state index in [2.05, 4.69) is 34.6 Å². The van der Waals surface area contributed by atoms with E-state index in [1.807, 2.05) is 6.07 Å². The van der Waals surface area contributed by atoms with Crippen LogP contribution in [0.15, 0.2) is 18.2 Å². The summed E-state index contributed by atoms with van der Waals surface area (Å²) in [7, 11) is 0. The van der Waals surface area contributed by atoms with Crippen molar-refractivity contribution in [3.05, 3.63) is 35.2 Å². The number of anilines is 1. The molecule has 0 saturated carbocycles. The molecule has 2 N–H and O–H groups in total.